The van der Waals surface area contributed by atoms with Crippen molar-refractivity contribution in [1.29, 1.82) is 0 Å². The molecule has 1 aliphatic heterocycles. The van der Waals surface area contributed by atoms with Crippen molar-refractivity contribution in [3.63, 3.8) is 0 Å². The molecule has 0 fully saturated rings. The molecule has 20 heavy (non-hydrogen) atoms. The van der Waals surface area contributed by atoms with Crippen molar-refractivity contribution in [2.75, 3.05) is 6.54 Å². The lowest BCUT2D eigenvalue weighted by Gasteiger charge is -2.17. The summed E-state index contributed by atoms with van der Waals surface area (Å²) in [5.74, 6) is 1.05. The van der Waals surface area contributed by atoms with E-state index in [0.29, 0.717) is 6.04 Å². The molecule has 2 atom stereocenters. The maximum atomic E-state index is 5.99. The third kappa shape index (κ3) is 2.86. The summed E-state index contributed by atoms with van der Waals surface area (Å²) in [6, 6.07) is 6.76. The third-order valence-corrected chi connectivity index (χ3v) is 4.60. The van der Waals surface area contributed by atoms with Gasteiger partial charge in [0.05, 0.1) is 6.04 Å². The minimum absolute atomic E-state index is 0.237. The standard InChI is InChI=1S/C16H20N2OS/c1-3-14(16-17-6-7-20-16)18-10-13-9-12-8-11(2)4-5-15(12)19-13/h4-8,13-14,18H,3,9-10H2,1-2H3. The molecule has 0 amide bonds. The Labute approximate surface area is 124 Å². The number of ether oxygens (including phenoxy) is 1. The zero-order valence-electron chi connectivity index (χ0n) is 11.9. The Bertz CT molecular complexity index is 568. The molecule has 3 nitrogen and oxygen atoms in total. The summed E-state index contributed by atoms with van der Waals surface area (Å²) >= 11 is 1.71. The highest BCUT2D eigenvalue weighted by Crippen LogP contribution is 2.29. The lowest BCUT2D eigenvalue weighted by molar-refractivity contribution is 0.220. The Morgan fingerprint density at radius 2 is 2.40 bits per heavy atom. The van der Waals surface area contributed by atoms with Gasteiger partial charge in [0.15, 0.2) is 0 Å². The van der Waals surface area contributed by atoms with Crippen LogP contribution >= 0.6 is 11.3 Å². The summed E-state index contributed by atoms with van der Waals surface area (Å²) in [6.45, 7) is 5.18. The van der Waals surface area contributed by atoms with E-state index in [0.717, 1.165) is 25.1 Å². The van der Waals surface area contributed by atoms with E-state index in [1.54, 1.807) is 11.3 Å². The quantitative estimate of drug-likeness (QED) is 0.914. The van der Waals surface area contributed by atoms with Gasteiger partial charge >= 0.3 is 0 Å². The second-order valence-electron chi connectivity index (χ2n) is 5.29. The first-order chi connectivity index (χ1) is 9.76. The zero-order chi connectivity index (χ0) is 13.9. The molecule has 1 aromatic carbocycles. The van der Waals surface area contributed by atoms with Crippen LogP contribution in [0.4, 0.5) is 0 Å². The van der Waals surface area contributed by atoms with Gasteiger partial charge in [-0.15, -0.1) is 11.3 Å². The maximum Gasteiger partial charge on any atom is 0.123 e. The number of fused-ring (bicyclic) bond motifs is 1. The number of hydrogen-bond acceptors (Lipinski definition) is 4. The van der Waals surface area contributed by atoms with Crippen molar-refractivity contribution in [2.45, 2.75) is 38.8 Å². The molecule has 106 valence electrons. The van der Waals surface area contributed by atoms with Crippen LogP contribution in [-0.2, 0) is 6.42 Å². The fourth-order valence-electron chi connectivity index (χ4n) is 2.65. The van der Waals surface area contributed by atoms with Gasteiger partial charge in [-0.3, -0.25) is 0 Å². The average Bonchev–Trinajstić information content (AvgIpc) is 3.08. The number of hydrogen-bond donors (Lipinski definition) is 1. The van der Waals surface area contributed by atoms with Crippen LogP contribution in [0.5, 0.6) is 5.75 Å². The first-order valence-electron chi connectivity index (χ1n) is 7.15. The normalized spacial score (nSPS) is 18.6. The van der Waals surface area contributed by atoms with Crippen molar-refractivity contribution in [3.8, 4) is 5.75 Å². The van der Waals surface area contributed by atoms with Crippen molar-refractivity contribution < 1.29 is 4.74 Å². The van der Waals surface area contributed by atoms with E-state index in [2.05, 4.69) is 42.3 Å². The van der Waals surface area contributed by atoms with Crippen LogP contribution < -0.4 is 10.1 Å². The third-order valence-electron chi connectivity index (χ3n) is 3.71. The molecule has 1 N–H and O–H groups in total. The summed E-state index contributed by atoms with van der Waals surface area (Å²) in [5.41, 5.74) is 2.63. The van der Waals surface area contributed by atoms with Crippen molar-refractivity contribution in [2.24, 2.45) is 0 Å². The summed E-state index contributed by atoms with van der Waals surface area (Å²) in [4.78, 5) is 4.40. The number of nitrogens with zero attached hydrogens (tertiary/aromatic N) is 1. The van der Waals surface area contributed by atoms with E-state index in [1.807, 2.05) is 11.6 Å². The molecule has 1 aromatic heterocycles. The number of rotatable bonds is 5. The molecule has 2 heterocycles. The maximum absolute atomic E-state index is 5.99. The number of nitrogens with one attached hydrogen (secondary N) is 1. The molecule has 0 radical (unpaired) electrons. The molecule has 0 spiro atoms. The predicted octanol–water partition coefficient (Wildman–Crippen LogP) is 3.50. The highest BCUT2D eigenvalue weighted by Gasteiger charge is 2.23. The van der Waals surface area contributed by atoms with Gasteiger partial charge in [0.2, 0.25) is 0 Å². The van der Waals surface area contributed by atoms with Crippen molar-refractivity contribution in [3.05, 3.63) is 45.9 Å². The van der Waals surface area contributed by atoms with Gasteiger partial charge in [0, 0.05) is 24.5 Å². The molecule has 1 aliphatic rings. The molecular weight excluding hydrogens is 268 g/mol. The molecule has 0 saturated heterocycles. The lowest BCUT2D eigenvalue weighted by atomic mass is 10.1. The fraction of sp³-hybridized carbons (Fsp3) is 0.438. The fourth-order valence-corrected chi connectivity index (χ4v) is 3.45. The molecule has 0 aliphatic carbocycles. The Hall–Kier alpha value is -1.39. The average molecular weight is 288 g/mol. The Kier molecular flexibility index (Phi) is 4.03. The van der Waals surface area contributed by atoms with Crippen LogP contribution in [0.3, 0.4) is 0 Å². The van der Waals surface area contributed by atoms with Gasteiger partial charge in [-0.1, -0.05) is 24.6 Å². The minimum atomic E-state index is 0.237. The van der Waals surface area contributed by atoms with E-state index in [-0.39, 0.29) is 6.10 Å². The second kappa shape index (κ2) is 5.94. The molecule has 4 heteroatoms. The number of aryl methyl sites for hydroxylation is 1. The molecule has 0 bridgehead atoms. The molecular formula is C16H20N2OS. The van der Waals surface area contributed by atoms with Crippen LogP contribution in [0.1, 0.15) is 35.5 Å². The van der Waals surface area contributed by atoms with Gasteiger partial charge in [-0.05, 0) is 25.0 Å². The van der Waals surface area contributed by atoms with Crippen LogP contribution in [0.25, 0.3) is 0 Å². The Balaban J connectivity index is 1.58. The summed E-state index contributed by atoms with van der Waals surface area (Å²) in [7, 11) is 0. The number of benzene rings is 1. The van der Waals surface area contributed by atoms with Crippen LogP contribution in [-0.4, -0.2) is 17.6 Å². The number of aromatic nitrogens is 1. The predicted molar refractivity (Wildman–Crippen MR) is 82.4 cm³/mol. The molecule has 2 unspecified atom stereocenters. The van der Waals surface area contributed by atoms with Gasteiger partial charge in [-0.25, -0.2) is 4.98 Å². The monoisotopic (exact) mass is 288 g/mol. The zero-order valence-corrected chi connectivity index (χ0v) is 12.7. The summed E-state index contributed by atoms with van der Waals surface area (Å²) in [6.07, 6.45) is 4.15. The lowest BCUT2D eigenvalue weighted by Crippen LogP contribution is -2.32. The van der Waals surface area contributed by atoms with Gasteiger partial charge in [-0.2, -0.15) is 0 Å². The van der Waals surface area contributed by atoms with E-state index in [4.69, 9.17) is 4.74 Å². The van der Waals surface area contributed by atoms with Crippen molar-refractivity contribution in [1.82, 2.24) is 10.3 Å². The van der Waals surface area contributed by atoms with Gasteiger partial charge in [0.25, 0.3) is 0 Å². The van der Waals surface area contributed by atoms with Gasteiger partial charge < -0.3 is 10.1 Å². The summed E-state index contributed by atoms with van der Waals surface area (Å²) < 4.78 is 5.99. The Morgan fingerprint density at radius 3 is 3.15 bits per heavy atom. The van der Waals surface area contributed by atoms with Crippen LogP contribution in [0.2, 0.25) is 0 Å². The van der Waals surface area contributed by atoms with E-state index < -0.39 is 0 Å². The first kappa shape index (κ1) is 13.6. The second-order valence-corrected chi connectivity index (χ2v) is 6.22. The first-order valence-corrected chi connectivity index (χ1v) is 8.03. The van der Waals surface area contributed by atoms with Gasteiger partial charge in [0.1, 0.15) is 16.9 Å². The Morgan fingerprint density at radius 1 is 1.50 bits per heavy atom. The van der Waals surface area contributed by atoms with E-state index >= 15 is 0 Å². The number of thiazole rings is 1. The minimum Gasteiger partial charge on any atom is -0.488 e. The van der Waals surface area contributed by atoms with Crippen LogP contribution in [0, 0.1) is 6.92 Å². The molecule has 0 saturated carbocycles. The molecule has 3 rings (SSSR count). The van der Waals surface area contributed by atoms with Crippen LogP contribution in [0.15, 0.2) is 29.8 Å². The highest BCUT2D eigenvalue weighted by atomic mass is 32.1. The van der Waals surface area contributed by atoms with E-state index in [9.17, 15) is 0 Å². The largest absolute Gasteiger partial charge is 0.488 e. The smallest absolute Gasteiger partial charge is 0.123 e. The highest BCUT2D eigenvalue weighted by molar-refractivity contribution is 7.09. The topological polar surface area (TPSA) is 34.1 Å². The van der Waals surface area contributed by atoms with E-state index in [1.165, 1.54) is 16.1 Å². The molecule has 2 aromatic rings. The SMILES string of the molecule is CCC(NCC1Cc2cc(C)ccc2O1)c1nccs1. The summed E-state index contributed by atoms with van der Waals surface area (Å²) in [5, 5.41) is 6.78. The van der Waals surface area contributed by atoms with Crippen molar-refractivity contribution >= 4 is 11.3 Å².